The van der Waals surface area contributed by atoms with Crippen LogP contribution in [-0.4, -0.2) is 64.8 Å². The molecule has 0 amide bonds. The number of aromatic nitrogens is 3. The van der Waals surface area contributed by atoms with Crippen molar-refractivity contribution in [1.82, 2.24) is 20.3 Å². The molecule has 3 heterocycles. The van der Waals surface area contributed by atoms with Crippen molar-refractivity contribution in [3.05, 3.63) is 46.5 Å². The minimum atomic E-state index is -0.982. The van der Waals surface area contributed by atoms with Gasteiger partial charge in [0.2, 0.25) is 5.95 Å². The summed E-state index contributed by atoms with van der Waals surface area (Å²) < 4.78 is 5.09. The van der Waals surface area contributed by atoms with Gasteiger partial charge in [-0.25, -0.2) is 19.6 Å². The summed E-state index contributed by atoms with van der Waals surface area (Å²) in [6.07, 6.45) is 0. The van der Waals surface area contributed by atoms with Gasteiger partial charge in [0.1, 0.15) is 10.7 Å². The molecule has 0 atom stereocenters. The van der Waals surface area contributed by atoms with Crippen molar-refractivity contribution in [3.63, 3.8) is 0 Å². The minimum absolute atomic E-state index is 0.207. The first-order valence-corrected chi connectivity index (χ1v) is 11.4. The molecule has 0 saturated carbocycles. The zero-order valence-electron chi connectivity index (χ0n) is 18.3. The monoisotopic (exact) mass is 468 g/mol. The number of carbonyl (C=O) groups excluding carboxylic acids is 1. The second kappa shape index (κ2) is 9.92. The van der Waals surface area contributed by atoms with E-state index in [4.69, 9.17) is 4.74 Å². The fraction of sp³-hybridized carbons (Fsp3) is 0.318. The van der Waals surface area contributed by atoms with Gasteiger partial charge in [0.25, 0.3) is 0 Å². The number of thiazole rings is 1. The van der Waals surface area contributed by atoms with Crippen LogP contribution in [0.3, 0.4) is 0 Å². The Morgan fingerprint density at radius 3 is 2.58 bits per heavy atom. The number of ether oxygens (including phenoxy) is 1. The number of esters is 1. The lowest BCUT2D eigenvalue weighted by Crippen LogP contribution is -2.44. The Morgan fingerprint density at radius 1 is 1.18 bits per heavy atom. The van der Waals surface area contributed by atoms with Gasteiger partial charge >= 0.3 is 11.9 Å². The third kappa shape index (κ3) is 5.26. The summed E-state index contributed by atoms with van der Waals surface area (Å²) in [6.45, 7) is 7.11. The Hall–Kier alpha value is -3.57. The smallest absolute Gasteiger partial charge is 0.350 e. The number of anilines is 3. The molecule has 1 saturated heterocycles. The third-order valence-electron chi connectivity index (χ3n) is 5.06. The van der Waals surface area contributed by atoms with Gasteiger partial charge in [-0.3, -0.25) is 5.32 Å². The second-order valence-electron chi connectivity index (χ2n) is 7.33. The quantitative estimate of drug-likeness (QED) is 0.445. The molecule has 0 aliphatic carbocycles. The molecule has 10 nitrogen and oxygen atoms in total. The topological polar surface area (TPSA) is 130 Å². The Labute approximate surface area is 194 Å². The van der Waals surface area contributed by atoms with Crippen LogP contribution in [0.5, 0.6) is 0 Å². The maximum Gasteiger partial charge on any atom is 0.350 e. The van der Waals surface area contributed by atoms with Crippen molar-refractivity contribution in [2.45, 2.75) is 13.8 Å². The number of piperazine rings is 1. The maximum atomic E-state index is 12.1. The molecule has 0 radical (unpaired) electrons. The molecule has 1 aliphatic rings. The highest BCUT2D eigenvalue weighted by Crippen LogP contribution is 2.29. The third-order valence-corrected chi connectivity index (χ3v) is 6.11. The van der Waals surface area contributed by atoms with Gasteiger partial charge in [-0.15, -0.1) is 0 Å². The summed E-state index contributed by atoms with van der Waals surface area (Å²) in [7, 11) is 0. The van der Waals surface area contributed by atoms with Gasteiger partial charge in [-0.1, -0.05) is 23.5 Å². The fourth-order valence-electron chi connectivity index (χ4n) is 3.41. The summed E-state index contributed by atoms with van der Waals surface area (Å²) in [6, 6.07) is 8.44. The number of carbonyl (C=O) groups is 2. The predicted octanol–water partition coefficient (Wildman–Crippen LogP) is 2.94. The van der Waals surface area contributed by atoms with Gasteiger partial charge in [-0.2, -0.15) is 4.98 Å². The van der Waals surface area contributed by atoms with Crippen LogP contribution in [-0.2, 0) is 4.74 Å². The number of nitrogens with zero attached hydrogens (tertiary/aromatic N) is 4. The second-order valence-corrected chi connectivity index (χ2v) is 8.33. The molecular weight excluding hydrogens is 444 g/mol. The first kappa shape index (κ1) is 22.6. The summed E-state index contributed by atoms with van der Waals surface area (Å²) in [5.74, 6) is -0.294. The Balaban J connectivity index is 1.68. The molecule has 0 unspecified atom stereocenters. The van der Waals surface area contributed by atoms with Crippen molar-refractivity contribution in [2.75, 3.05) is 43.0 Å². The molecule has 2 aromatic heterocycles. The molecular formula is C22H24N6O4S. The molecule has 11 heteroatoms. The number of aryl methyl sites for hydroxylation is 1. The van der Waals surface area contributed by atoms with Crippen LogP contribution in [0.25, 0.3) is 11.3 Å². The van der Waals surface area contributed by atoms with Crippen LogP contribution in [0, 0.1) is 6.92 Å². The predicted molar refractivity (Wildman–Crippen MR) is 126 cm³/mol. The molecule has 0 spiro atoms. The SMILES string of the molecule is CCOC(=O)c1sc(Nc2nc(-c3ccc(C(=O)O)cc3)cc(N3CCNCC3)n2)nc1C. The van der Waals surface area contributed by atoms with Gasteiger partial charge in [0.05, 0.1) is 23.6 Å². The van der Waals surface area contributed by atoms with E-state index in [0.717, 1.165) is 37.6 Å². The zero-order chi connectivity index (χ0) is 23.4. The molecule has 1 aromatic carbocycles. The number of aromatic carboxylic acids is 1. The van der Waals surface area contributed by atoms with E-state index in [9.17, 15) is 14.7 Å². The van der Waals surface area contributed by atoms with E-state index in [1.54, 1.807) is 38.1 Å². The number of nitrogens with one attached hydrogen (secondary N) is 2. The van der Waals surface area contributed by atoms with Gasteiger partial charge in [0, 0.05) is 37.8 Å². The number of benzene rings is 1. The summed E-state index contributed by atoms with van der Waals surface area (Å²) in [5, 5.41) is 16.1. The number of hydrogen-bond donors (Lipinski definition) is 3. The van der Waals surface area contributed by atoms with E-state index in [1.165, 1.54) is 11.3 Å². The highest BCUT2D eigenvalue weighted by Gasteiger charge is 2.19. The average molecular weight is 469 g/mol. The first-order valence-electron chi connectivity index (χ1n) is 10.5. The first-order chi connectivity index (χ1) is 15.9. The highest BCUT2D eigenvalue weighted by atomic mass is 32.1. The maximum absolute atomic E-state index is 12.1. The van der Waals surface area contributed by atoms with Gasteiger partial charge in [-0.05, 0) is 26.0 Å². The van der Waals surface area contributed by atoms with E-state index >= 15 is 0 Å². The van der Waals surface area contributed by atoms with Crippen LogP contribution >= 0.6 is 11.3 Å². The Bertz CT molecular complexity index is 1160. The van der Waals surface area contributed by atoms with Crippen molar-refractivity contribution >= 4 is 40.2 Å². The van der Waals surface area contributed by atoms with Crippen LogP contribution < -0.4 is 15.5 Å². The molecule has 3 aromatic rings. The van der Waals surface area contributed by atoms with E-state index < -0.39 is 11.9 Å². The van der Waals surface area contributed by atoms with E-state index in [-0.39, 0.29) is 5.56 Å². The summed E-state index contributed by atoms with van der Waals surface area (Å²) >= 11 is 1.19. The largest absolute Gasteiger partial charge is 0.478 e. The van der Waals surface area contributed by atoms with E-state index in [0.29, 0.717) is 34.0 Å². The number of carboxylic acid groups (broad SMARTS) is 1. The van der Waals surface area contributed by atoms with E-state index in [2.05, 4.69) is 30.5 Å². The highest BCUT2D eigenvalue weighted by molar-refractivity contribution is 7.17. The lowest BCUT2D eigenvalue weighted by molar-refractivity contribution is 0.0530. The fourth-order valence-corrected chi connectivity index (χ4v) is 4.26. The number of hydrogen-bond acceptors (Lipinski definition) is 10. The molecule has 1 fully saturated rings. The number of carboxylic acids is 1. The average Bonchev–Trinajstić information content (AvgIpc) is 3.19. The van der Waals surface area contributed by atoms with Gasteiger partial charge < -0.3 is 20.1 Å². The minimum Gasteiger partial charge on any atom is -0.478 e. The van der Waals surface area contributed by atoms with Crippen molar-refractivity contribution in [2.24, 2.45) is 0 Å². The van der Waals surface area contributed by atoms with Crippen molar-refractivity contribution < 1.29 is 19.4 Å². The van der Waals surface area contributed by atoms with Gasteiger partial charge in [0.15, 0.2) is 5.13 Å². The molecule has 3 N–H and O–H groups in total. The molecule has 4 rings (SSSR count). The zero-order valence-corrected chi connectivity index (χ0v) is 19.1. The molecule has 0 bridgehead atoms. The Kier molecular flexibility index (Phi) is 6.80. The summed E-state index contributed by atoms with van der Waals surface area (Å²) in [4.78, 5) is 39.7. The standard InChI is InChI=1S/C22H24N6O4S/c1-3-32-20(31)18-13(2)24-22(33-18)27-21-25-16(14-4-6-15(7-5-14)19(29)30)12-17(26-21)28-10-8-23-9-11-28/h4-7,12,23H,3,8-11H2,1-2H3,(H,29,30)(H,24,25,26,27). The summed E-state index contributed by atoms with van der Waals surface area (Å²) in [5.41, 5.74) is 2.20. The molecule has 1 aliphatic heterocycles. The normalized spacial score (nSPS) is 13.6. The lowest BCUT2D eigenvalue weighted by atomic mass is 10.1. The molecule has 33 heavy (non-hydrogen) atoms. The number of rotatable bonds is 7. The van der Waals surface area contributed by atoms with E-state index in [1.807, 2.05) is 6.07 Å². The van der Waals surface area contributed by atoms with Crippen LogP contribution in [0.1, 0.15) is 32.6 Å². The van der Waals surface area contributed by atoms with Crippen molar-refractivity contribution in [1.29, 1.82) is 0 Å². The van der Waals surface area contributed by atoms with Crippen LogP contribution in [0.2, 0.25) is 0 Å². The van der Waals surface area contributed by atoms with Crippen LogP contribution in [0.4, 0.5) is 16.9 Å². The Morgan fingerprint density at radius 2 is 1.91 bits per heavy atom. The lowest BCUT2D eigenvalue weighted by Gasteiger charge is -2.28. The van der Waals surface area contributed by atoms with Crippen LogP contribution in [0.15, 0.2) is 30.3 Å². The molecule has 172 valence electrons. The van der Waals surface area contributed by atoms with Crippen molar-refractivity contribution in [3.8, 4) is 11.3 Å².